The van der Waals surface area contributed by atoms with E-state index >= 15 is 0 Å². The molecule has 1 unspecified atom stereocenters. The lowest BCUT2D eigenvalue weighted by Crippen LogP contribution is -2.29. The van der Waals surface area contributed by atoms with Crippen LogP contribution < -0.4 is 11.3 Å². The molecule has 1 aromatic heterocycles. The number of aryl methyl sites for hydroxylation is 2. The van der Waals surface area contributed by atoms with Gasteiger partial charge in [0.15, 0.2) is 0 Å². The molecular weight excluding hydrogens is 266 g/mol. The van der Waals surface area contributed by atoms with E-state index in [1.165, 1.54) is 4.88 Å². The number of halogens is 1. The standard InChI is InChI=1S/C13H16ClN3S/c1-8-9(2)18-13(16-8)7-12(17-15)10-3-5-11(14)6-4-10/h3-6,12,17H,7,15H2,1-2H3. The lowest BCUT2D eigenvalue weighted by Gasteiger charge is -2.14. The SMILES string of the molecule is Cc1nc(CC(NN)c2ccc(Cl)cc2)sc1C. The van der Waals surface area contributed by atoms with Crippen molar-refractivity contribution in [3.63, 3.8) is 0 Å². The molecule has 0 saturated heterocycles. The van der Waals surface area contributed by atoms with Crippen LogP contribution in [-0.4, -0.2) is 4.98 Å². The topological polar surface area (TPSA) is 50.9 Å². The third kappa shape index (κ3) is 3.09. The van der Waals surface area contributed by atoms with Crippen LogP contribution in [-0.2, 0) is 6.42 Å². The molecule has 0 fully saturated rings. The molecule has 0 aliphatic carbocycles. The zero-order valence-corrected chi connectivity index (χ0v) is 12.0. The molecule has 2 rings (SSSR count). The molecular formula is C13H16ClN3S. The summed E-state index contributed by atoms with van der Waals surface area (Å²) in [7, 11) is 0. The zero-order valence-electron chi connectivity index (χ0n) is 10.4. The summed E-state index contributed by atoms with van der Waals surface area (Å²) in [6, 6.07) is 7.78. The number of benzene rings is 1. The van der Waals surface area contributed by atoms with E-state index in [-0.39, 0.29) is 6.04 Å². The van der Waals surface area contributed by atoms with Crippen LogP contribution in [0.3, 0.4) is 0 Å². The fraction of sp³-hybridized carbons (Fsp3) is 0.308. The van der Waals surface area contributed by atoms with Gasteiger partial charge >= 0.3 is 0 Å². The van der Waals surface area contributed by atoms with Crippen molar-refractivity contribution < 1.29 is 0 Å². The van der Waals surface area contributed by atoms with Gasteiger partial charge in [-0.2, -0.15) is 0 Å². The first-order chi connectivity index (χ1) is 8.60. The van der Waals surface area contributed by atoms with E-state index in [2.05, 4.69) is 17.3 Å². The number of hydrazine groups is 1. The molecule has 18 heavy (non-hydrogen) atoms. The van der Waals surface area contributed by atoms with Crippen LogP contribution >= 0.6 is 22.9 Å². The van der Waals surface area contributed by atoms with Gasteiger partial charge in [0.05, 0.1) is 16.7 Å². The van der Waals surface area contributed by atoms with Gasteiger partial charge in [0.2, 0.25) is 0 Å². The minimum atomic E-state index is 0.0622. The van der Waals surface area contributed by atoms with Crippen LogP contribution in [0.4, 0.5) is 0 Å². The highest BCUT2D eigenvalue weighted by molar-refractivity contribution is 7.11. The maximum absolute atomic E-state index is 5.88. The van der Waals surface area contributed by atoms with Crippen molar-refractivity contribution in [1.82, 2.24) is 10.4 Å². The highest BCUT2D eigenvalue weighted by atomic mass is 35.5. The van der Waals surface area contributed by atoms with Gasteiger partial charge in [0.1, 0.15) is 0 Å². The van der Waals surface area contributed by atoms with Gasteiger partial charge in [-0.3, -0.25) is 11.3 Å². The normalized spacial score (nSPS) is 12.7. The molecule has 0 spiro atoms. The Morgan fingerprint density at radius 3 is 2.50 bits per heavy atom. The Kier molecular flexibility index (Phi) is 4.35. The van der Waals surface area contributed by atoms with Crippen LogP contribution in [0.2, 0.25) is 5.02 Å². The smallest absolute Gasteiger partial charge is 0.0950 e. The second kappa shape index (κ2) is 5.80. The van der Waals surface area contributed by atoms with E-state index in [0.29, 0.717) is 0 Å². The Hall–Kier alpha value is -0.940. The molecule has 3 nitrogen and oxygen atoms in total. The Morgan fingerprint density at radius 1 is 1.33 bits per heavy atom. The first kappa shape index (κ1) is 13.5. The van der Waals surface area contributed by atoms with Crippen LogP contribution in [0.1, 0.15) is 27.2 Å². The second-order valence-electron chi connectivity index (χ2n) is 4.22. The van der Waals surface area contributed by atoms with E-state index in [1.54, 1.807) is 11.3 Å². The number of nitrogens with one attached hydrogen (secondary N) is 1. The maximum atomic E-state index is 5.88. The highest BCUT2D eigenvalue weighted by Crippen LogP contribution is 2.24. The van der Waals surface area contributed by atoms with E-state index in [9.17, 15) is 0 Å². The fourth-order valence-corrected chi connectivity index (χ4v) is 2.87. The number of rotatable bonds is 4. The molecule has 3 N–H and O–H groups in total. The average Bonchev–Trinajstić information content (AvgIpc) is 2.67. The van der Waals surface area contributed by atoms with Crippen molar-refractivity contribution >= 4 is 22.9 Å². The third-order valence-electron chi connectivity index (χ3n) is 2.93. The van der Waals surface area contributed by atoms with Crippen molar-refractivity contribution in [3.05, 3.63) is 50.4 Å². The molecule has 2 aromatic rings. The van der Waals surface area contributed by atoms with Crippen molar-refractivity contribution in [2.45, 2.75) is 26.3 Å². The molecule has 1 atom stereocenters. The first-order valence-electron chi connectivity index (χ1n) is 5.74. The fourth-order valence-electron chi connectivity index (χ4n) is 1.77. The first-order valence-corrected chi connectivity index (χ1v) is 6.94. The van der Waals surface area contributed by atoms with E-state index < -0.39 is 0 Å². The lowest BCUT2D eigenvalue weighted by atomic mass is 10.1. The monoisotopic (exact) mass is 281 g/mol. The van der Waals surface area contributed by atoms with Crippen molar-refractivity contribution in [3.8, 4) is 0 Å². The molecule has 96 valence electrons. The summed E-state index contributed by atoms with van der Waals surface area (Å²) in [6.07, 6.45) is 0.789. The van der Waals surface area contributed by atoms with Gasteiger partial charge in [-0.1, -0.05) is 23.7 Å². The molecule has 5 heteroatoms. The summed E-state index contributed by atoms with van der Waals surface area (Å²) in [5, 5.41) is 1.83. The van der Waals surface area contributed by atoms with Crippen LogP contribution in [0.15, 0.2) is 24.3 Å². The zero-order chi connectivity index (χ0) is 13.1. The Balaban J connectivity index is 2.16. The molecule has 0 aliphatic heterocycles. The predicted molar refractivity (Wildman–Crippen MR) is 76.8 cm³/mol. The number of thiazole rings is 1. The van der Waals surface area contributed by atoms with E-state index in [4.69, 9.17) is 17.4 Å². The van der Waals surface area contributed by atoms with E-state index in [1.807, 2.05) is 31.2 Å². The minimum absolute atomic E-state index is 0.0622. The largest absolute Gasteiger partial charge is 0.271 e. The van der Waals surface area contributed by atoms with Gasteiger partial charge < -0.3 is 0 Å². The van der Waals surface area contributed by atoms with Gasteiger partial charge in [0, 0.05) is 16.3 Å². The number of aromatic nitrogens is 1. The summed E-state index contributed by atoms with van der Waals surface area (Å²) in [4.78, 5) is 5.80. The second-order valence-corrected chi connectivity index (χ2v) is 5.95. The van der Waals surface area contributed by atoms with Crippen LogP contribution in [0, 0.1) is 13.8 Å². The average molecular weight is 282 g/mol. The Labute approximate surface area is 116 Å². The minimum Gasteiger partial charge on any atom is -0.271 e. The quantitative estimate of drug-likeness (QED) is 0.669. The third-order valence-corrected chi connectivity index (χ3v) is 4.27. The highest BCUT2D eigenvalue weighted by Gasteiger charge is 2.13. The van der Waals surface area contributed by atoms with E-state index in [0.717, 1.165) is 27.7 Å². The number of nitrogens with two attached hydrogens (primary N) is 1. The lowest BCUT2D eigenvalue weighted by molar-refractivity contribution is 0.550. The van der Waals surface area contributed by atoms with Gasteiger partial charge in [0.25, 0.3) is 0 Å². The van der Waals surface area contributed by atoms with Crippen LogP contribution in [0.25, 0.3) is 0 Å². The molecule has 1 aromatic carbocycles. The Bertz CT molecular complexity index is 502. The summed E-state index contributed by atoms with van der Waals surface area (Å²) in [6.45, 7) is 4.12. The van der Waals surface area contributed by atoms with Gasteiger partial charge in [-0.05, 0) is 31.5 Å². The Morgan fingerprint density at radius 2 is 2.00 bits per heavy atom. The molecule has 1 heterocycles. The summed E-state index contributed by atoms with van der Waals surface area (Å²) in [5.74, 6) is 5.63. The van der Waals surface area contributed by atoms with Crippen molar-refractivity contribution in [1.29, 1.82) is 0 Å². The van der Waals surface area contributed by atoms with Crippen molar-refractivity contribution in [2.24, 2.45) is 5.84 Å². The van der Waals surface area contributed by atoms with Gasteiger partial charge in [-0.25, -0.2) is 4.98 Å². The number of hydrogen-bond donors (Lipinski definition) is 2. The molecule has 0 amide bonds. The maximum Gasteiger partial charge on any atom is 0.0950 e. The van der Waals surface area contributed by atoms with Crippen LogP contribution in [0.5, 0.6) is 0 Å². The molecule has 0 aliphatic rings. The van der Waals surface area contributed by atoms with Crippen molar-refractivity contribution in [2.75, 3.05) is 0 Å². The molecule has 0 radical (unpaired) electrons. The molecule has 0 bridgehead atoms. The van der Waals surface area contributed by atoms with Gasteiger partial charge in [-0.15, -0.1) is 11.3 Å². The summed E-state index contributed by atoms with van der Waals surface area (Å²) < 4.78 is 0. The summed E-state index contributed by atoms with van der Waals surface area (Å²) in [5.41, 5.74) is 5.06. The number of nitrogens with zero attached hydrogens (tertiary/aromatic N) is 1. The molecule has 0 saturated carbocycles. The summed E-state index contributed by atoms with van der Waals surface area (Å²) >= 11 is 7.61. The predicted octanol–water partition coefficient (Wildman–Crippen LogP) is 3.16. The number of hydrogen-bond acceptors (Lipinski definition) is 4.